The molecule has 5 heterocycles. The first kappa shape index (κ1) is 18.5. The number of nitrogens with zero attached hydrogens (tertiary/aromatic N) is 2. The number of nitrogens with one attached hydrogen (secondary N) is 1. The van der Waals surface area contributed by atoms with Crippen molar-refractivity contribution in [3.8, 4) is 0 Å². The van der Waals surface area contributed by atoms with E-state index in [0.29, 0.717) is 12.1 Å². The second-order valence-electron chi connectivity index (χ2n) is 9.71. The fourth-order valence-electron chi connectivity index (χ4n) is 6.78. The van der Waals surface area contributed by atoms with Crippen LogP contribution in [0.1, 0.15) is 35.5 Å². The third kappa shape index (κ3) is 1.71. The minimum atomic E-state index is -1.94. The molecule has 0 radical (unpaired) electrons. The Kier molecular flexibility index (Phi) is 2.96. The lowest BCUT2D eigenvalue weighted by atomic mass is 9.88. The number of amides is 2. The average molecular weight is 452 g/mol. The van der Waals surface area contributed by atoms with Crippen LogP contribution in [-0.2, 0) is 21.8 Å². The fraction of sp³-hybridized carbons (Fsp3) is 0.231. The normalized spacial score (nSPS) is 27.2. The Labute approximate surface area is 192 Å². The Balaban J connectivity index is 1.77. The molecule has 5 aromatic rings. The molecule has 3 aliphatic heterocycles. The van der Waals surface area contributed by atoms with Crippen molar-refractivity contribution in [3.63, 3.8) is 0 Å². The molecule has 4 N–H and O–H groups in total. The van der Waals surface area contributed by atoms with Crippen molar-refractivity contribution >= 4 is 55.4 Å². The quantitative estimate of drug-likeness (QED) is 0.363. The van der Waals surface area contributed by atoms with E-state index >= 15 is 0 Å². The van der Waals surface area contributed by atoms with Crippen molar-refractivity contribution in [1.82, 2.24) is 14.5 Å². The number of carbonyl (C=O) groups excluding carboxylic acids is 2. The van der Waals surface area contributed by atoms with Gasteiger partial charge in [-0.3, -0.25) is 9.59 Å². The Bertz CT molecular complexity index is 1810. The molecular formula is C26H20N4O4. The first-order chi connectivity index (χ1) is 16.4. The van der Waals surface area contributed by atoms with E-state index < -0.39 is 23.5 Å². The third-order valence-corrected chi connectivity index (χ3v) is 8.24. The van der Waals surface area contributed by atoms with Gasteiger partial charge in [0.1, 0.15) is 6.23 Å². The van der Waals surface area contributed by atoms with Crippen LogP contribution in [0.15, 0.2) is 48.5 Å². The predicted molar refractivity (Wildman–Crippen MR) is 126 cm³/mol. The number of para-hydroxylation sites is 2. The van der Waals surface area contributed by atoms with Crippen LogP contribution in [0.25, 0.3) is 43.6 Å². The molecule has 0 spiro atoms. The summed E-state index contributed by atoms with van der Waals surface area (Å²) in [5.41, 5.74) is 7.48. The van der Waals surface area contributed by atoms with Crippen LogP contribution >= 0.6 is 0 Å². The van der Waals surface area contributed by atoms with Gasteiger partial charge in [0.15, 0.2) is 11.3 Å². The van der Waals surface area contributed by atoms with Crippen LogP contribution in [0.4, 0.5) is 0 Å². The minimum absolute atomic E-state index is 0.00330. The van der Waals surface area contributed by atoms with Crippen LogP contribution in [0, 0.1) is 0 Å². The maximum Gasteiger partial charge on any atom is 0.254 e. The zero-order valence-electron chi connectivity index (χ0n) is 18.3. The van der Waals surface area contributed by atoms with Gasteiger partial charge in [0.05, 0.1) is 27.6 Å². The number of hydrogen-bond donors (Lipinski definition) is 3. The summed E-state index contributed by atoms with van der Waals surface area (Å²) in [6.07, 6.45) is -0.641. The number of aromatic nitrogens is 2. The average Bonchev–Trinajstić information content (AvgIpc) is 3.51. The van der Waals surface area contributed by atoms with Crippen molar-refractivity contribution in [2.75, 3.05) is 0 Å². The summed E-state index contributed by atoms with van der Waals surface area (Å²) in [5.74, 6) is -0.913. The number of primary amides is 1. The van der Waals surface area contributed by atoms with E-state index in [0.717, 1.165) is 49.2 Å². The van der Waals surface area contributed by atoms with E-state index in [2.05, 4.69) is 5.32 Å². The van der Waals surface area contributed by atoms with Gasteiger partial charge in [-0.15, -0.1) is 0 Å². The van der Waals surface area contributed by atoms with E-state index in [9.17, 15) is 14.7 Å². The molecule has 3 aromatic carbocycles. The summed E-state index contributed by atoms with van der Waals surface area (Å²) in [4.78, 5) is 25.9. The molecule has 2 bridgehead atoms. The zero-order chi connectivity index (χ0) is 23.1. The van der Waals surface area contributed by atoms with Crippen molar-refractivity contribution in [3.05, 3.63) is 59.7 Å². The predicted octanol–water partition coefficient (Wildman–Crippen LogP) is 2.97. The van der Waals surface area contributed by atoms with Crippen molar-refractivity contribution in [1.29, 1.82) is 0 Å². The Hall–Kier alpha value is -3.88. The SMILES string of the molecule is C[C@]12O[C@H](C[C@@]1(O)C(N)=O)n1c3ccccc3c3c4c(c5c6ccccc6n2c5c31)CNC4=O. The number of fused-ring (bicyclic) bond motifs is 13. The van der Waals surface area contributed by atoms with E-state index in [1.54, 1.807) is 6.92 Å². The molecule has 34 heavy (non-hydrogen) atoms. The number of hydrogen-bond acceptors (Lipinski definition) is 4. The van der Waals surface area contributed by atoms with E-state index in [1.165, 1.54) is 0 Å². The Morgan fingerprint density at radius 3 is 2.50 bits per heavy atom. The maximum atomic E-state index is 13.2. The number of rotatable bonds is 1. The molecule has 8 heteroatoms. The molecule has 8 rings (SSSR count). The molecule has 0 aliphatic carbocycles. The molecule has 0 unspecified atom stereocenters. The standard InChI is InChI=1S/C26H20N4O4/c1-25-26(33,24(27)32)10-17(34-25)29-15-8-4-2-6-12(15)19-20-14(11-28-23(20)31)18-13-7-3-5-9-16(13)30(25)22(18)21(19)29/h2-9,17,33H,10-11H2,1H3,(H2,27,32)(H,28,31)/t17-,25+,26-/m1/s1. The van der Waals surface area contributed by atoms with Gasteiger partial charge in [-0.25, -0.2) is 0 Å². The second kappa shape index (κ2) is 5.43. The lowest BCUT2D eigenvalue weighted by molar-refractivity contribution is -0.184. The van der Waals surface area contributed by atoms with Crippen LogP contribution in [0.2, 0.25) is 0 Å². The highest BCUT2D eigenvalue weighted by Crippen LogP contribution is 2.57. The van der Waals surface area contributed by atoms with Crippen LogP contribution < -0.4 is 11.1 Å². The highest BCUT2D eigenvalue weighted by Gasteiger charge is 2.64. The van der Waals surface area contributed by atoms with Gasteiger partial charge in [-0.1, -0.05) is 36.4 Å². The van der Waals surface area contributed by atoms with Crippen molar-refractivity contribution in [2.45, 2.75) is 37.4 Å². The highest BCUT2D eigenvalue weighted by atomic mass is 16.6. The lowest BCUT2D eigenvalue weighted by Crippen LogP contribution is -2.58. The summed E-state index contributed by atoms with van der Waals surface area (Å²) in [5, 5.41) is 18.5. The number of nitrogens with two attached hydrogens (primary N) is 1. The van der Waals surface area contributed by atoms with E-state index in [4.69, 9.17) is 10.5 Å². The smallest absolute Gasteiger partial charge is 0.254 e. The fourth-order valence-corrected chi connectivity index (χ4v) is 6.78. The van der Waals surface area contributed by atoms with E-state index in [1.807, 2.05) is 57.7 Å². The van der Waals surface area contributed by atoms with Gasteiger partial charge in [-0.2, -0.15) is 0 Å². The minimum Gasteiger partial charge on any atom is -0.376 e. The monoisotopic (exact) mass is 452 g/mol. The van der Waals surface area contributed by atoms with Crippen LogP contribution in [0.3, 0.4) is 0 Å². The molecule has 2 amide bonds. The highest BCUT2D eigenvalue weighted by molar-refractivity contribution is 6.31. The van der Waals surface area contributed by atoms with Gasteiger partial charge >= 0.3 is 0 Å². The van der Waals surface area contributed by atoms with Crippen LogP contribution in [0.5, 0.6) is 0 Å². The number of carbonyl (C=O) groups is 2. The first-order valence-electron chi connectivity index (χ1n) is 11.4. The van der Waals surface area contributed by atoms with Crippen molar-refractivity contribution in [2.24, 2.45) is 5.73 Å². The van der Waals surface area contributed by atoms with Gasteiger partial charge < -0.3 is 30.0 Å². The number of benzene rings is 3. The molecule has 3 aliphatic rings. The largest absolute Gasteiger partial charge is 0.376 e. The maximum absolute atomic E-state index is 13.2. The Morgan fingerprint density at radius 1 is 1.09 bits per heavy atom. The summed E-state index contributed by atoms with van der Waals surface area (Å²) < 4.78 is 10.6. The lowest BCUT2D eigenvalue weighted by Gasteiger charge is -2.37. The van der Waals surface area contributed by atoms with Gasteiger partial charge in [0.25, 0.3) is 11.8 Å². The van der Waals surface area contributed by atoms with E-state index in [-0.39, 0.29) is 12.3 Å². The topological polar surface area (TPSA) is 112 Å². The molecular weight excluding hydrogens is 432 g/mol. The number of ether oxygens (including phenoxy) is 1. The van der Waals surface area contributed by atoms with Crippen molar-refractivity contribution < 1.29 is 19.4 Å². The summed E-state index contributed by atoms with van der Waals surface area (Å²) in [7, 11) is 0. The zero-order valence-corrected chi connectivity index (χ0v) is 18.3. The van der Waals surface area contributed by atoms with Gasteiger partial charge in [0.2, 0.25) is 0 Å². The summed E-state index contributed by atoms with van der Waals surface area (Å²) >= 11 is 0. The van der Waals surface area contributed by atoms with Crippen LogP contribution in [-0.4, -0.2) is 31.7 Å². The molecule has 1 saturated heterocycles. The Morgan fingerprint density at radius 2 is 1.76 bits per heavy atom. The summed E-state index contributed by atoms with van der Waals surface area (Å²) in [6, 6.07) is 15.7. The number of aliphatic hydroxyl groups is 1. The third-order valence-electron chi connectivity index (χ3n) is 8.24. The first-order valence-corrected chi connectivity index (χ1v) is 11.4. The molecule has 0 saturated carbocycles. The molecule has 2 aromatic heterocycles. The molecule has 168 valence electrons. The summed E-state index contributed by atoms with van der Waals surface area (Å²) in [6.45, 7) is 2.15. The van der Waals surface area contributed by atoms with Gasteiger partial charge in [-0.05, 0) is 24.6 Å². The van der Waals surface area contributed by atoms with Gasteiger partial charge in [0, 0.05) is 34.5 Å². The molecule has 8 nitrogen and oxygen atoms in total. The molecule has 3 atom stereocenters. The molecule has 1 fully saturated rings. The second-order valence-corrected chi connectivity index (χ2v) is 9.71.